The molecule has 4 fully saturated rings. The molecule has 110 valence electrons. The van der Waals surface area contributed by atoms with Crippen molar-refractivity contribution in [3.8, 4) is 0 Å². The van der Waals surface area contributed by atoms with Gasteiger partial charge >= 0.3 is 0 Å². The van der Waals surface area contributed by atoms with E-state index in [1.165, 1.54) is 19.3 Å². The van der Waals surface area contributed by atoms with Crippen molar-refractivity contribution in [1.29, 1.82) is 0 Å². The highest BCUT2D eigenvalue weighted by molar-refractivity contribution is 5.83. The Morgan fingerprint density at radius 2 is 1.80 bits per heavy atom. The molecule has 0 aliphatic heterocycles. The topological polar surface area (TPSA) is 34.1 Å². The first kappa shape index (κ1) is 13.0. The van der Waals surface area contributed by atoms with Gasteiger partial charge in [-0.3, -0.25) is 9.59 Å². The number of fused-ring (bicyclic) bond motifs is 5. The summed E-state index contributed by atoms with van der Waals surface area (Å²) in [5, 5.41) is 0. The van der Waals surface area contributed by atoms with Crippen molar-refractivity contribution in [2.24, 2.45) is 35.0 Å². The van der Waals surface area contributed by atoms with Crippen LogP contribution < -0.4 is 0 Å². The molecule has 4 saturated carbocycles. The summed E-state index contributed by atoms with van der Waals surface area (Å²) in [6, 6.07) is 0. The molecule has 0 amide bonds. The molecule has 0 bridgehead atoms. The molecule has 2 nitrogen and oxygen atoms in total. The fourth-order valence-corrected chi connectivity index (χ4v) is 6.55. The number of hydrogen-bond acceptors (Lipinski definition) is 2. The van der Waals surface area contributed by atoms with Gasteiger partial charge in [-0.1, -0.05) is 6.92 Å². The van der Waals surface area contributed by atoms with E-state index < -0.39 is 0 Å². The molecule has 20 heavy (non-hydrogen) atoms. The minimum atomic E-state index is 0.387. The SMILES string of the molecule is CC12CCC3CC(=O)CCC3C1CCC1C(=O)CCC12. The average molecular weight is 274 g/mol. The van der Waals surface area contributed by atoms with E-state index in [-0.39, 0.29) is 0 Å². The largest absolute Gasteiger partial charge is 0.300 e. The Bertz CT molecular complexity index is 454. The molecule has 4 aliphatic rings. The van der Waals surface area contributed by atoms with Gasteiger partial charge in [0.05, 0.1) is 0 Å². The normalized spacial score (nSPS) is 51.4. The molecular formula is C18H26O2. The lowest BCUT2D eigenvalue weighted by molar-refractivity contribution is -0.135. The van der Waals surface area contributed by atoms with Gasteiger partial charge < -0.3 is 0 Å². The van der Waals surface area contributed by atoms with Gasteiger partial charge in [0.1, 0.15) is 11.6 Å². The van der Waals surface area contributed by atoms with Crippen molar-refractivity contribution in [1.82, 2.24) is 0 Å². The van der Waals surface area contributed by atoms with Crippen LogP contribution in [0.5, 0.6) is 0 Å². The maximum atomic E-state index is 12.1. The molecule has 2 heteroatoms. The van der Waals surface area contributed by atoms with E-state index in [0.717, 1.165) is 50.4 Å². The van der Waals surface area contributed by atoms with E-state index in [0.29, 0.717) is 34.7 Å². The van der Waals surface area contributed by atoms with Crippen LogP contribution in [0.4, 0.5) is 0 Å². The number of rotatable bonds is 0. The number of carbonyl (C=O) groups is 2. The Morgan fingerprint density at radius 3 is 2.65 bits per heavy atom. The third-order valence-corrected chi connectivity index (χ3v) is 7.51. The van der Waals surface area contributed by atoms with Gasteiger partial charge in [0.15, 0.2) is 0 Å². The van der Waals surface area contributed by atoms with E-state index in [4.69, 9.17) is 0 Å². The van der Waals surface area contributed by atoms with E-state index in [9.17, 15) is 9.59 Å². The second kappa shape index (κ2) is 4.42. The van der Waals surface area contributed by atoms with E-state index in [2.05, 4.69) is 6.92 Å². The Labute approximate surface area is 121 Å². The minimum Gasteiger partial charge on any atom is -0.300 e. The Balaban J connectivity index is 1.63. The molecule has 0 saturated heterocycles. The quantitative estimate of drug-likeness (QED) is 0.673. The first-order chi connectivity index (χ1) is 9.59. The molecule has 0 spiro atoms. The summed E-state index contributed by atoms with van der Waals surface area (Å²) < 4.78 is 0. The van der Waals surface area contributed by atoms with Gasteiger partial charge in [0.25, 0.3) is 0 Å². The number of hydrogen-bond donors (Lipinski definition) is 0. The van der Waals surface area contributed by atoms with Crippen LogP contribution in [0.15, 0.2) is 0 Å². The third kappa shape index (κ3) is 1.69. The zero-order valence-corrected chi connectivity index (χ0v) is 12.6. The number of Topliss-reactive ketones (excluding diaryl/α,β-unsaturated/α-hetero) is 2. The van der Waals surface area contributed by atoms with Crippen molar-refractivity contribution in [2.75, 3.05) is 0 Å². The molecule has 0 aromatic heterocycles. The Morgan fingerprint density at radius 1 is 0.950 bits per heavy atom. The summed E-state index contributed by atoms with van der Waals surface area (Å²) in [5.41, 5.74) is 0.399. The zero-order valence-electron chi connectivity index (χ0n) is 12.6. The summed E-state index contributed by atoms with van der Waals surface area (Å²) in [5.74, 6) is 4.34. The molecular weight excluding hydrogens is 248 g/mol. The van der Waals surface area contributed by atoms with Crippen LogP contribution in [-0.4, -0.2) is 11.6 Å². The molecule has 0 radical (unpaired) electrons. The zero-order chi connectivity index (χ0) is 13.9. The first-order valence-corrected chi connectivity index (χ1v) is 8.64. The van der Waals surface area contributed by atoms with E-state index in [1.807, 2.05) is 0 Å². The molecule has 0 heterocycles. The van der Waals surface area contributed by atoms with Crippen molar-refractivity contribution in [2.45, 2.75) is 64.7 Å². The monoisotopic (exact) mass is 274 g/mol. The highest BCUT2D eigenvalue weighted by Crippen LogP contribution is 2.63. The van der Waals surface area contributed by atoms with Crippen molar-refractivity contribution < 1.29 is 9.59 Å². The smallest absolute Gasteiger partial charge is 0.136 e. The highest BCUT2D eigenvalue weighted by atomic mass is 16.1. The van der Waals surface area contributed by atoms with Crippen LogP contribution in [0.1, 0.15) is 64.7 Å². The summed E-state index contributed by atoms with van der Waals surface area (Å²) in [6.07, 6.45) is 9.68. The van der Waals surface area contributed by atoms with Crippen LogP contribution in [0.3, 0.4) is 0 Å². The van der Waals surface area contributed by atoms with Crippen molar-refractivity contribution in [3.63, 3.8) is 0 Å². The second-order valence-electron chi connectivity index (χ2n) is 8.15. The molecule has 0 N–H and O–H groups in total. The van der Waals surface area contributed by atoms with Gasteiger partial charge in [0, 0.05) is 25.2 Å². The summed E-state index contributed by atoms with van der Waals surface area (Å²) in [6.45, 7) is 2.49. The van der Waals surface area contributed by atoms with Gasteiger partial charge in [0.2, 0.25) is 0 Å². The predicted molar refractivity (Wildman–Crippen MR) is 77.1 cm³/mol. The van der Waals surface area contributed by atoms with Gasteiger partial charge in [-0.25, -0.2) is 0 Å². The average Bonchev–Trinajstić information content (AvgIpc) is 2.81. The van der Waals surface area contributed by atoms with Gasteiger partial charge in [-0.2, -0.15) is 0 Å². The van der Waals surface area contributed by atoms with Crippen LogP contribution >= 0.6 is 0 Å². The van der Waals surface area contributed by atoms with Crippen molar-refractivity contribution in [3.05, 3.63) is 0 Å². The Hall–Kier alpha value is -0.660. The van der Waals surface area contributed by atoms with Gasteiger partial charge in [-0.15, -0.1) is 0 Å². The fraction of sp³-hybridized carbons (Fsp3) is 0.889. The number of carbonyl (C=O) groups excluding carboxylic acids is 2. The van der Waals surface area contributed by atoms with Crippen LogP contribution in [-0.2, 0) is 9.59 Å². The lowest BCUT2D eigenvalue weighted by atomic mass is 9.47. The molecule has 0 aromatic carbocycles. The lowest BCUT2D eigenvalue weighted by Crippen LogP contribution is -2.51. The van der Waals surface area contributed by atoms with E-state index >= 15 is 0 Å². The first-order valence-electron chi connectivity index (χ1n) is 8.64. The lowest BCUT2D eigenvalue weighted by Gasteiger charge is -2.57. The molecule has 6 unspecified atom stereocenters. The highest BCUT2D eigenvalue weighted by Gasteiger charge is 2.57. The van der Waals surface area contributed by atoms with Crippen LogP contribution in [0.2, 0.25) is 0 Å². The summed E-state index contributed by atoms with van der Waals surface area (Å²) >= 11 is 0. The van der Waals surface area contributed by atoms with E-state index in [1.54, 1.807) is 0 Å². The fourth-order valence-electron chi connectivity index (χ4n) is 6.55. The molecule has 4 rings (SSSR count). The maximum absolute atomic E-state index is 12.1. The number of ketones is 2. The minimum absolute atomic E-state index is 0.387. The third-order valence-electron chi connectivity index (χ3n) is 7.51. The standard InChI is InChI=1S/C18H26O2/c1-18-9-8-11-10-12(19)2-3-13(11)15(18)5-4-14-16(18)6-7-17(14)20/h11,13-16H,2-10H2,1H3. The van der Waals surface area contributed by atoms with Crippen LogP contribution in [0, 0.1) is 35.0 Å². The van der Waals surface area contributed by atoms with Crippen LogP contribution in [0.25, 0.3) is 0 Å². The Kier molecular flexibility index (Phi) is 2.88. The molecule has 0 aromatic rings. The summed E-state index contributed by atoms with van der Waals surface area (Å²) in [7, 11) is 0. The van der Waals surface area contributed by atoms with Crippen molar-refractivity contribution >= 4 is 11.6 Å². The predicted octanol–water partition coefficient (Wildman–Crippen LogP) is 3.78. The maximum Gasteiger partial charge on any atom is 0.136 e. The molecule has 6 atom stereocenters. The van der Waals surface area contributed by atoms with Gasteiger partial charge in [-0.05, 0) is 67.6 Å². The summed E-state index contributed by atoms with van der Waals surface area (Å²) in [4.78, 5) is 23.8. The second-order valence-corrected chi connectivity index (χ2v) is 8.15. The molecule has 4 aliphatic carbocycles.